The highest BCUT2D eigenvalue weighted by atomic mass is 32.1. The van der Waals surface area contributed by atoms with Gasteiger partial charge in [-0.3, -0.25) is 5.43 Å². The van der Waals surface area contributed by atoms with Gasteiger partial charge in [0.05, 0.1) is 22.9 Å². The molecular weight excluding hydrogens is 354 g/mol. The fourth-order valence-electron chi connectivity index (χ4n) is 3.20. The number of nitrogens with one attached hydrogen (secondary N) is 1. The van der Waals surface area contributed by atoms with Crippen LogP contribution in [0.5, 0.6) is 0 Å². The lowest BCUT2D eigenvalue weighted by atomic mass is 10.1. The van der Waals surface area contributed by atoms with E-state index in [1.807, 2.05) is 17.5 Å². The van der Waals surface area contributed by atoms with Crippen LogP contribution in [0.15, 0.2) is 59.0 Å². The number of fused-ring (bicyclic) bond motifs is 1. The summed E-state index contributed by atoms with van der Waals surface area (Å²) in [4.78, 5) is 9.34. The van der Waals surface area contributed by atoms with E-state index in [4.69, 9.17) is 4.98 Å². The number of aryl methyl sites for hydroxylation is 1. The van der Waals surface area contributed by atoms with Gasteiger partial charge < -0.3 is 4.57 Å². The standard InChI is InChI=1S/C21H19N5S/c1-14-6-8-15(9-7-14)18-13-27-21(24-18)25-22-12-20-23-17-4-2-3-5-19(17)26(20)16-10-11-16/h2-9,12-13,16H,10-11H2,1H3,(H,24,25)/b22-12+. The second kappa shape index (κ2) is 6.63. The number of aromatic nitrogens is 3. The quantitative estimate of drug-likeness (QED) is 0.384. The maximum atomic E-state index is 4.72. The minimum Gasteiger partial charge on any atom is -0.320 e. The van der Waals surface area contributed by atoms with E-state index in [9.17, 15) is 0 Å². The highest BCUT2D eigenvalue weighted by molar-refractivity contribution is 7.14. The van der Waals surface area contributed by atoms with Crippen molar-refractivity contribution < 1.29 is 0 Å². The molecule has 5 rings (SSSR count). The van der Waals surface area contributed by atoms with Gasteiger partial charge in [0.15, 0.2) is 5.82 Å². The highest BCUT2D eigenvalue weighted by Gasteiger charge is 2.27. The lowest BCUT2D eigenvalue weighted by molar-refractivity contribution is 0.759. The SMILES string of the molecule is Cc1ccc(-c2csc(N/N=C/c3nc4ccccc4n3C3CC3)n2)cc1. The molecule has 0 amide bonds. The summed E-state index contributed by atoms with van der Waals surface area (Å²) in [7, 11) is 0. The molecular formula is C21H19N5S. The van der Waals surface area contributed by atoms with Gasteiger partial charge in [0.25, 0.3) is 0 Å². The Morgan fingerprint density at radius 1 is 1.11 bits per heavy atom. The number of anilines is 1. The molecule has 0 atom stereocenters. The summed E-state index contributed by atoms with van der Waals surface area (Å²) in [6, 6.07) is 17.2. The fourth-order valence-corrected chi connectivity index (χ4v) is 3.87. The zero-order valence-electron chi connectivity index (χ0n) is 15.0. The van der Waals surface area contributed by atoms with Crippen LogP contribution >= 0.6 is 11.3 Å². The summed E-state index contributed by atoms with van der Waals surface area (Å²) >= 11 is 1.55. The van der Waals surface area contributed by atoms with Crippen LogP contribution in [0, 0.1) is 6.92 Å². The number of thiazole rings is 1. The first-order valence-electron chi connectivity index (χ1n) is 9.06. The van der Waals surface area contributed by atoms with E-state index in [-0.39, 0.29) is 0 Å². The van der Waals surface area contributed by atoms with E-state index in [1.165, 1.54) is 23.9 Å². The summed E-state index contributed by atoms with van der Waals surface area (Å²) in [5.74, 6) is 0.890. The third kappa shape index (κ3) is 3.24. The van der Waals surface area contributed by atoms with Gasteiger partial charge in [-0.2, -0.15) is 5.10 Å². The van der Waals surface area contributed by atoms with Gasteiger partial charge in [0.1, 0.15) is 0 Å². The van der Waals surface area contributed by atoms with Crippen molar-refractivity contribution in [3.63, 3.8) is 0 Å². The fraction of sp³-hybridized carbons (Fsp3) is 0.190. The number of hydrogen-bond acceptors (Lipinski definition) is 5. The molecule has 2 aromatic carbocycles. The summed E-state index contributed by atoms with van der Waals surface area (Å²) in [6.07, 6.45) is 4.22. The molecule has 0 bridgehead atoms. The molecule has 0 saturated heterocycles. The molecule has 2 heterocycles. The van der Waals surface area contributed by atoms with E-state index in [0.717, 1.165) is 27.7 Å². The summed E-state index contributed by atoms with van der Waals surface area (Å²) in [5, 5.41) is 7.21. The molecule has 1 fully saturated rings. The zero-order chi connectivity index (χ0) is 18.2. The monoisotopic (exact) mass is 373 g/mol. The molecule has 4 aromatic rings. The highest BCUT2D eigenvalue weighted by Crippen LogP contribution is 2.38. The molecule has 1 aliphatic carbocycles. The molecule has 1 N–H and O–H groups in total. The van der Waals surface area contributed by atoms with Crippen molar-refractivity contribution in [2.75, 3.05) is 5.43 Å². The van der Waals surface area contributed by atoms with Crippen LogP contribution in [0.2, 0.25) is 0 Å². The van der Waals surface area contributed by atoms with Crippen molar-refractivity contribution in [1.29, 1.82) is 0 Å². The molecule has 134 valence electrons. The Bertz CT molecular complexity index is 1120. The molecule has 5 nitrogen and oxygen atoms in total. The molecule has 27 heavy (non-hydrogen) atoms. The minimum atomic E-state index is 0.548. The van der Waals surface area contributed by atoms with Crippen molar-refractivity contribution in [1.82, 2.24) is 14.5 Å². The first kappa shape index (κ1) is 16.2. The van der Waals surface area contributed by atoms with Crippen molar-refractivity contribution >= 4 is 33.7 Å². The van der Waals surface area contributed by atoms with Crippen molar-refractivity contribution in [2.24, 2.45) is 5.10 Å². The van der Waals surface area contributed by atoms with Gasteiger partial charge in [-0.1, -0.05) is 42.0 Å². The number of rotatable bonds is 5. The molecule has 6 heteroatoms. The van der Waals surface area contributed by atoms with Gasteiger partial charge >= 0.3 is 0 Å². The van der Waals surface area contributed by atoms with Crippen molar-refractivity contribution in [3.05, 3.63) is 65.3 Å². The van der Waals surface area contributed by atoms with Crippen LogP contribution < -0.4 is 5.43 Å². The summed E-state index contributed by atoms with van der Waals surface area (Å²) < 4.78 is 2.29. The van der Waals surface area contributed by atoms with Gasteiger partial charge in [-0.15, -0.1) is 11.3 Å². The van der Waals surface area contributed by atoms with Gasteiger partial charge in [0, 0.05) is 17.0 Å². The second-order valence-electron chi connectivity index (χ2n) is 6.83. The summed E-state index contributed by atoms with van der Waals surface area (Å²) in [6.45, 7) is 2.08. The predicted octanol–water partition coefficient (Wildman–Crippen LogP) is 5.25. The van der Waals surface area contributed by atoms with Crippen LogP contribution in [0.4, 0.5) is 5.13 Å². The van der Waals surface area contributed by atoms with Gasteiger partial charge in [0.2, 0.25) is 5.13 Å². The Kier molecular flexibility index (Phi) is 3.98. The minimum absolute atomic E-state index is 0.548. The second-order valence-corrected chi connectivity index (χ2v) is 7.69. The third-order valence-corrected chi connectivity index (χ3v) is 5.47. The molecule has 0 aliphatic heterocycles. The number of nitrogens with zero attached hydrogens (tertiary/aromatic N) is 4. The number of hydrazone groups is 1. The number of hydrogen-bond donors (Lipinski definition) is 1. The van der Waals surface area contributed by atoms with E-state index in [0.29, 0.717) is 6.04 Å². The third-order valence-electron chi connectivity index (χ3n) is 4.73. The van der Waals surface area contributed by atoms with E-state index < -0.39 is 0 Å². The summed E-state index contributed by atoms with van der Waals surface area (Å²) in [5.41, 5.74) is 8.56. The maximum Gasteiger partial charge on any atom is 0.203 e. The Morgan fingerprint density at radius 2 is 1.93 bits per heavy atom. The molecule has 1 aliphatic rings. The normalized spacial score (nSPS) is 14.3. The lowest BCUT2D eigenvalue weighted by Gasteiger charge is -2.03. The lowest BCUT2D eigenvalue weighted by Crippen LogP contribution is -2.01. The molecule has 0 radical (unpaired) electrons. The largest absolute Gasteiger partial charge is 0.320 e. The number of para-hydroxylation sites is 2. The van der Waals surface area contributed by atoms with Crippen LogP contribution in [-0.2, 0) is 0 Å². The first-order chi connectivity index (χ1) is 13.3. The number of benzene rings is 2. The van der Waals surface area contributed by atoms with Crippen LogP contribution in [0.25, 0.3) is 22.3 Å². The van der Waals surface area contributed by atoms with E-state index in [1.54, 1.807) is 17.6 Å². The van der Waals surface area contributed by atoms with Crippen molar-refractivity contribution in [3.8, 4) is 11.3 Å². The van der Waals surface area contributed by atoms with E-state index in [2.05, 4.69) is 63.4 Å². The Labute approximate surface area is 161 Å². The average Bonchev–Trinajstić information content (AvgIpc) is 3.29. The first-order valence-corrected chi connectivity index (χ1v) is 9.94. The smallest absolute Gasteiger partial charge is 0.203 e. The molecule has 0 spiro atoms. The van der Waals surface area contributed by atoms with Crippen LogP contribution in [-0.4, -0.2) is 20.7 Å². The van der Waals surface area contributed by atoms with Crippen LogP contribution in [0.1, 0.15) is 30.3 Å². The van der Waals surface area contributed by atoms with Crippen LogP contribution in [0.3, 0.4) is 0 Å². The Hall–Kier alpha value is -2.99. The van der Waals surface area contributed by atoms with Gasteiger partial charge in [-0.25, -0.2) is 9.97 Å². The zero-order valence-corrected chi connectivity index (χ0v) is 15.8. The molecule has 2 aromatic heterocycles. The van der Waals surface area contributed by atoms with E-state index >= 15 is 0 Å². The maximum absolute atomic E-state index is 4.72. The topological polar surface area (TPSA) is 55.1 Å². The Balaban J connectivity index is 1.36. The predicted molar refractivity (Wildman–Crippen MR) is 112 cm³/mol. The van der Waals surface area contributed by atoms with Gasteiger partial charge in [-0.05, 0) is 31.9 Å². The molecule has 1 saturated carbocycles. The number of imidazole rings is 1. The average molecular weight is 373 g/mol. The van der Waals surface area contributed by atoms with Crippen molar-refractivity contribution in [2.45, 2.75) is 25.8 Å². The Morgan fingerprint density at radius 3 is 2.74 bits per heavy atom. The molecule has 0 unspecified atom stereocenters.